The van der Waals surface area contributed by atoms with Crippen molar-refractivity contribution in [2.24, 2.45) is 0 Å². The fraction of sp³-hybridized carbons (Fsp3) is 0.302. The van der Waals surface area contributed by atoms with Crippen molar-refractivity contribution in [1.29, 1.82) is 0 Å². The Morgan fingerprint density at radius 2 is 1.20 bits per heavy atom. The number of piperazine rings is 2. The van der Waals surface area contributed by atoms with Crippen LogP contribution in [-0.2, 0) is 29.3 Å². The molecule has 3 unspecified atom stereocenters. The van der Waals surface area contributed by atoms with Crippen LogP contribution in [0.4, 0.5) is 43.7 Å². The van der Waals surface area contributed by atoms with Crippen LogP contribution in [0, 0.1) is 32.4 Å². The van der Waals surface area contributed by atoms with Gasteiger partial charge in [-0.2, -0.15) is 20.4 Å². The van der Waals surface area contributed by atoms with E-state index in [2.05, 4.69) is 70.5 Å². The highest BCUT2D eigenvalue weighted by Crippen LogP contribution is 2.35. The zero-order chi connectivity index (χ0) is 62.7. The number of ether oxygens (including phenoxy) is 2. The lowest BCUT2D eigenvalue weighted by molar-refractivity contribution is -0.691. The number of methoxy groups -OCH3 is 2. The number of benzene rings is 3. The fourth-order valence-electron chi connectivity index (χ4n) is 11.4. The van der Waals surface area contributed by atoms with Crippen molar-refractivity contribution < 1.29 is 32.4 Å². The summed E-state index contributed by atoms with van der Waals surface area (Å²) in [5.41, 5.74) is 10.4. The fourth-order valence-corrected chi connectivity index (χ4v) is 11.4. The van der Waals surface area contributed by atoms with E-state index in [1.165, 1.54) is 26.4 Å². The van der Waals surface area contributed by atoms with Gasteiger partial charge in [0, 0.05) is 85.7 Å². The molecule has 27 heteroatoms. The molecule has 3 aromatic carbocycles. The van der Waals surface area contributed by atoms with Crippen LogP contribution in [0.5, 0.6) is 11.5 Å². The maximum atomic E-state index is 15.4. The Morgan fingerprint density at radius 3 is 1.83 bits per heavy atom. The van der Waals surface area contributed by atoms with Crippen LogP contribution in [0.25, 0.3) is 45.0 Å². The average Bonchev–Trinajstić information content (AvgIpc) is 0.915. The molecule has 9 heterocycles. The number of halogens is 2. The molecule has 0 aliphatic carbocycles. The normalized spacial score (nSPS) is 16.1. The topological polar surface area (TPSA) is 261 Å². The second kappa shape index (κ2) is 25.7. The van der Waals surface area contributed by atoms with Crippen LogP contribution in [-0.4, -0.2) is 157 Å². The molecular formula is C63H68F2N21O4+. The predicted octanol–water partition coefficient (Wildman–Crippen LogP) is 7.61. The zero-order valence-corrected chi connectivity index (χ0v) is 51.0. The largest absolute Gasteiger partial charge is 0.494 e. The Bertz CT molecular complexity index is 4240. The lowest BCUT2D eigenvalue weighted by atomic mass is 9.99. The van der Waals surface area contributed by atoms with Gasteiger partial charge in [0.05, 0.1) is 91.6 Å². The quantitative estimate of drug-likeness (QED) is 0.0488. The van der Waals surface area contributed by atoms with Crippen LogP contribution < -0.4 is 35.3 Å². The van der Waals surface area contributed by atoms with E-state index >= 15 is 8.78 Å². The van der Waals surface area contributed by atoms with Crippen molar-refractivity contribution >= 4 is 46.7 Å². The van der Waals surface area contributed by atoms with E-state index in [1.54, 1.807) is 86.6 Å². The van der Waals surface area contributed by atoms with Crippen molar-refractivity contribution in [2.75, 3.05) is 69.9 Å². The monoisotopic (exact) mass is 1220 g/mol. The SMILES string of the molecule is COc1ccc(-c2nc(Nc3cnn(CC(=O)N4CCN(C)C(c5nc(Nc6cnn(CC(=O)N7CC(C)NC(C)C7)c6)nc(-c6ccc(OC)c(F)c6)c5C)C4)c3)[n+](Cn3cc(Nc4ncc(C)c(-c5ccc(-c6ccn[nH]6)cc5)n4)cn3)cc2C)cc1F. The molecule has 0 spiro atoms. The van der Waals surface area contributed by atoms with Gasteiger partial charge in [0.25, 0.3) is 0 Å². The number of carbonyl (C=O) groups is 2. The highest BCUT2D eigenvalue weighted by Gasteiger charge is 2.33. The van der Waals surface area contributed by atoms with Crippen molar-refractivity contribution in [3.63, 3.8) is 0 Å². The van der Waals surface area contributed by atoms with Gasteiger partial charge in [-0.1, -0.05) is 29.2 Å². The number of hydrogen-bond acceptors (Lipinski definition) is 18. The lowest BCUT2D eigenvalue weighted by Crippen LogP contribution is -2.56. The molecule has 0 saturated carbocycles. The van der Waals surface area contributed by atoms with E-state index in [9.17, 15) is 9.59 Å². The number of carbonyl (C=O) groups excluding carboxylic acids is 2. The first-order valence-electron chi connectivity index (χ1n) is 29.3. The average molecular weight is 1220 g/mol. The standard InChI is InChI=1S/C63H67F2N21O4/c1-37-23-66-61(75-57(37)43-11-9-42(10-12-43)51-17-18-67-79-51)72-47-25-70-86(32-47)36-83-27-38(2)58(44-13-15-53(89-7)49(64)21-44)78-63(83)74-48-26-69-85(31-48)34-55(87)81-20-19-80(6)52(33-81)60-41(5)59(45-14-16-54(90-8)50(65)22-45)76-62(77-60)73-46-24-68-84(30-46)35-56(88)82-28-39(3)71-40(4)29-82/h9-18,21-27,30-32,39-40,52,71H,19-20,28-29,33-36H2,1-8H3,(H3,66,67,72,73,75,76,77,79)/p+1. The molecule has 2 fully saturated rings. The van der Waals surface area contributed by atoms with Crippen molar-refractivity contribution in [2.45, 2.75) is 72.5 Å². The number of nitrogens with zero attached hydrogens (tertiary/aromatic N) is 16. The third-order valence-corrected chi connectivity index (χ3v) is 16.0. The summed E-state index contributed by atoms with van der Waals surface area (Å²) in [7, 11) is 4.80. The van der Waals surface area contributed by atoms with Gasteiger partial charge in [-0.05, 0) is 101 Å². The Labute approximate surface area is 517 Å². The van der Waals surface area contributed by atoms with Crippen molar-refractivity contribution in [1.82, 2.24) is 84.5 Å². The van der Waals surface area contributed by atoms with Crippen LogP contribution in [0.15, 0.2) is 123 Å². The molecule has 12 rings (SSSR count). The van der Waals surface area contributed by atoms with Crippen LogP contribution >= 0.6 is 0 Å². The summed E-state index contributed by atoms with van der Waals surface area (Å²) in [5, 5.41) is 34.3. The number of nitrogens with one attached hydrogen (secondary N) is 5. The molecule has 2 saturated heterocycles. The molecule has 90 heavy (non-hydrogen) atoms. The number of hydrogen-bond donors (Lipinski definition) is 5. The van der Waals surface area contributed by atoms with Gasteiger partial charge >= 0.3 is 5.95 Å². The number of amides is 2. The number of aryl methyl sites for hydroxylation is 2. The number of H-pyrrole nitrogens is 1. The third-order valence-electron chi connectivity index (χ3n) is 16.0. The van der Waals surface area contributed by atoms with Gasteiger partial charge in [-0.25, -0.2) is 43.3 Å². The number of aromatic nitrogens is 14. The second-order valence-corrected chi connectivity index (χ2v) is 22.7. The number of rotatable bonds is 19. The van der Waals surface area contributed by atoms with E-state index in [0.29, 0.717) is 88.9 Å². The Kier molecular flexibility index (Phi) is 17.0. The summed E-state index contributed by atoms with van der Waals surface area (Å²) < 4.78 is 47.8. The molecule has 462 valence electrons. The van der Waals surface area contributed by atoms with Gasteiger partial charge < -0.3 is 35.2 Å². The number of anilines is 6. The first kappa shape index (κ1) is 59.8. The lowest BCUT2D eigenvalue weighted by Gasteiger charge is -2.39. The van der Waals surface area contributed by atoms with Crippen LogP contribution in [0.2, 0.25) is 0 Å². The highest BCUT2D eigenvalue weighted by atomic mass is 19.1. The minimum atomic E-state index is -0.553. The second-order valence-electron chi connectivity index (χ2n) is 22.7. The van der Waals surface area contributed by atoms with E-state index in [0.717, 1.165) is 33.6 Å². The van der Waals surface area contributed by atoms with E-state index in [4.69, 9.17) is 29.4 Å². The number of likely N-dealkylation sites (N-methyl/N-ethyl adjacent to an activating group) is 1. The van der Waals surface area contributed by atoms with E-state index < -0.39 is 17.7 Å². The molecule has 2 aliphatic heterocycles. The summed E-state index contributed by atoms with van der Waals surface area (Å²) in [6.45, 7) is 12.5. The molecule has 2 aliphatic rings. The Balaban J connectivity index is 0.764. The minimum Gasteiger partial charge on any atom is -0.494 e. The zero-order valence-electron chi connectivity index (χ0n) is 51.0. The Hall–Kier alpha value is -10.5. The number of aromatic amines is 1. The molecule has 0 bridgehead atoms. The summed E-state index contributed by atoms with van der Waals surface area (Å²) in [5.74, 6) is -0.121. The first-order valence-corrected chi connectivity index (χ1v) is 29.3. The van der Waals surface area contributed by atoms with Gasteiger partial charge in [0.15, 0.2) is 35.5 Å². The van der Waals surface area contributed by atoms with Gasteiger partial charge in [0.1, 0.15) is 18.8 Å². The summed E-state index contributed by atoms with van der Waals surface area (Å²) in [6, 6.07) is 19.3. The highest BCUT2D eigenvalue weighted by molar-refractivity contribution is 5.77. The Morgan fingerprint density at radius 1 is 0.633 bits per heavy atom. The first-order chi connectivity index (χ1) is 43.5. The molecule has 0 radical (unpaired) electrons. The summed E-state index contributed by atoms with van der Waals surface area (Å²) in [6.07, 6.45) is 15.6. The third kappa shape index (κ3) is 13.2. The molecule has 25 nitrogen and oxygen atoms in total. The van der Waals surface area contributed by atoms with Crippen LogP contribution in [0.3, 0.4) is 0 Å². The summed E-state index contributed by atoms with van der Waals surface area (Å²) >= 11 is 0. The molecule has 10 aromatic rings. The minimum absolute atomic E-state index is 0.0408. The maximum Gasteiger partial charge on any atom is 0.398 e. The van der Waals surface area contributed by atoms with Gasteiger partial charge in [-0.15, -0.1) is 0 Å². The molecule has 3 atom stereocenters. The van der Waals surface area contributed by atoms with Gasteiger partial charge in [0.2, 0.25) is 23.7 Å². The maximum absolute atomic E-state index is 15.4. The molecule has 7 aromatic heterocycles. The van der Waals surface area contributed by atoms with E-state index in [-0.39, 0.29) is 67.6 Å². The predicted molar refractivity (Wildman–Crippen MR) is 332 cm³/mol. The molecular weight excluding hydrogens is 1150 g/mol. The molecule has 5 N–H and O–H groups in total. The summed E-state index contributed by atoms with van der Waals surface area (Å²) in [4.78, 5) is 58.0. The van der Waals surface area contributed by atoms with Crippen LogP contribution in [0.1, 0.15) is 42.3 Å². The van der Waals surface area contributed by atoms with E-state index in [1.807, 2.05) is 80.0 Å². The smallest absolute Gasteiger partial charge is 0.398 e. The molecule has 2 amide bonds. The van der Waals surface area contributed by atoms with Crippen molar-refractivity contribution in [3.05, 3.63) is 157 Å². The van der Waals surface area contributed by atoms with Crippen molar-refractivity contribution in [3.8, 4) is 56.5 Å². The van der Waals surface area contributed by atoms with Gasteiger partial charge in [-0.3, -0.25) is 29.0 Å².